The van der Waals surface area contributed by atoms with Gasteiger partial charge in [0.05, 0.1) is 13.5 Å². The Labute approximate surface area is 128 Å². The number of ether oxygens (including phenoxy) is 3. The molecule has 0 fully saturated rings. The Balaban J connectivity index is 5.32. The molecule has 7 nitrogen and oxygen atoms in total. The molecular formula is C15H20O7. The van der Waals surface area contributed by atoms with Gasteiger partial charge in [0, 0.05) is 16.7 Å². The fourth-order valence-electron chi connectivity index (χ4n) is 1.04. The Morgan fingerprint density at radius 1 is 0.955 bits per heavy atom. The number of aliphatic hydroxyl groups is 1. The molecule has 122 valence electrons. The summed E-state index contributed by atoms with van der Waals surface area (Å²) in [5.41, 5.74) is 0.0963. The van der Waals surface area contributed by atoms with Crippen molar-refractivity contribution >= 4 is 17.9 Å². The van der Waals surface area contributed by atoms with Gasteiger partial charge < -0.3 is 19.3 Å². The minimum absolute atomic E-state index is 0.0243. The molecule has 0 aromatic heterocycles. The Morgan fingerprint density at radius 2 is 1.32 bits per heavy atom. The van der Waals surface area contributed by atoms with Gasteiger partial charge in [-0.3, -0.25) is 0 Å². The lowest BCUT2D eigenvalue weighted by molar-refractivity contribution is -0.315. The van der Waals surface area contributed by atoms with Crippen LogP contribution in [0, 0.1) is 0 Å². The van der Waals surface area contributed by atoms with Crippen LogP contribution in [-0.2, 0) is 28.6 Å². The summed E-state index contributed by atoms with van der Waals surface area (Å²) >= 11 is 0. The van der Waals surface area contributed by atoms with Gasteiger partial charge in [0.2, 0.25) is 0 Å². The van der Waals surface area contributed by atoms with Gasteiger partial charge in [0.1, 0.15) is 0 Å². The molecule has 0 amide bonds. The monoisotopic (exact) mass is 312 g/mol. The van der Waals surface area contributed by atoms with Crippen LogP contribution >= 0.6 is 0 Å². The summed E-state index contributed by atoms with van der Waals surface area (Å²) in [6, 6.07) is 0. The van der Waals surface area contributed by atoms with Crippen molar-refractivity contribution in [3.63, 3.8) is 0 Å². The van der Waals surface area contributed by atoms with Crippen molar-refractivity contribution in [1.82, 2.24) is 0 Å². The minimum Gasteiger partial charge on any atom is -0.392 e. The van der Waals surface area contributed by atoms with E-state index in [1.165, 1.54) is 26.8 Å². The second-order valence-electron chi connectivity index (χ2n) is 4.66. The van der Waals surface area contributed by atoms with Crippen molar-refractivity contribution in [3.05, 3.63) is 36.0 Å². The highest BCUT2D eigenvalue weighted by molar-refractivity contribution is 5.90. The van der Waals surface area contributed by atoms with Crippen molar-refractivity contribution in [2.45, 2.75) is 33.7 Å². The summed E-state index contributed by atoms with van der Waals surface area (Å²) in [6.45, 7) is 11.6. The molecule has 22 heavy (non-hydrogen) atoms. The first-order valence-electron chi connectivity index (χ1n) is 6.31. The number of rotatable bonds is 7. The van der Waals surface area contributed by atoms with Crippen LogP contribution < -0.4 is 0 Å². The van der Waals surface area contributed by atoms with Crippen LogP contribution in [0.25, 0.3) is 0 Å². The Kier molecular flexibility index (Phi) is 7.24. The normalized spacial score (nSPS) is 11.4. The van der Waals surface area contributed by atoms with Gasteiger partial charge in [0.15, 0.2) is 0 Å². The molecule has 0 saturated heterocycles. The Hall–Kier alpha value is -2.41. The number of esters is 3. The highest BCUT2D eigenvalue weighted by Crippen LogP contribution is 2.20. The summed E-state index contributed by atoms with van der Waals surface area (Å²) in [7, 11) is 0. The molecule has 0 rings (SSSR count). The molecule has 0 atom stereocenters. The zero-order chi connectivity index (χ0) is 17.5. The van der Waals surface area contributed by atoms with E-state index in [-0.39, 0.29) is 23.3 Å². The van der Waals surface area contributed by atoms with Gasteiger partial charge >= 0.3 is 23.9 Å². The van der Waals surface area contributed by atoms with Crippen molar-refractivity contribution in [1.29, 1.82) is 0 Å². The lowest BCUT2D eigenvalue weighted by Crippen LogP contribution is -2.42. The number of aliphatic hydroxyl groups excluding tert-OH is 1. The first-order valence-corrected chi connectivity index (χ1v) is 6.31. The smallest absolute Gasteiger partial charge is 0.392 e. The Bertz CT molecular complexity index is 500. The number of carbonyl (C=O) groups excluding carboxylic acids is 3. The molecule has 0 heterocycles. The summed E-state index contributed by atoms with van der Waals surface area (Å²) in [5.74, 6) is -5.03. The highest BCUT2D eigenvalue weighted by Gasteiger charge is 2.39. The molecule has 0 saturated carbocycles. The molecule has 0 radical (unpaired) electrons. The zero-order valence-corrected chi connectivity index (χ0v) is 13.1. The molecule has 7 heteroatoms. The van der Waals surface area contributed by atoms with E-state index >= 15 is 0 Å². The van der Waals surface area contributed by atoms with Crippen molar-refractivity contribution in [3.8, 4) is 0 Å². The van der Waals surface area contributed by atoms with Crippen LogP contribution in [0.3, 0.4) is 0 Å². The summed E-state index contributed by atoms with van der Waals surface area (Å²) < 4.78 is 14.6. The largest absolute Gasteiger partial charge is 0.421 e. The fourth-order valence-corrected chi connectivity index (χ4v) is 1.04. The van der Waals surface area contributed by atoms with Crippen molar-refractivity contribution in [2.75, 3.05) is 6.61 Å². The van der Waals surface area contributed by atoms with E-state index in [0.717, 1.165) is 6.92 Å². The van der Waals surface area contributed by atoms with Crippen LogP contribution in [0.15, 0.2) is 36.0 Å². The lowest BCUT2D eigenvalue weighted by atomic mass is 10.3. The van der Waals surface area contributed by atoms with E-state index < -0.39 is 23.9 Å². The van der Waals surface area contributed by atoms with Crippen LogP contribution in [0.1, 0.15) is 27.7 Å². The third-order valence-electron chi connectivity index (χ3n) is 2.25. The van der Waals surface area contributed by atoms with Gasteiger partial charge in [0.25, 0.3) is 0 Å². The minimum atomic E-state index is -2.28. The standard InChI is InChI=1S/C15H20O7/c1-9(2)12(17)20-15(6,21-13(18)10(3)4)22-14(19)11(5)7-8-16/h7,16H,1,3,8H2,2,4-6H3/b11-7+. The molecule has 0 bridgehead atoms. The van der Waals surface area contributed by atoms with Crippen LogP contribution in [-0.4, -0.2) is 35.6 Å². The third kappa shape index (κ3) is 6.36. The predicted octanol–water partition coefficient (Wildman–Crippen LogP) is 1.38. The van der Waals surface area contributed by atoms with Gasteiger partial charge in [-0.2, -0.15) is 0 Å². The quantitative estimate of drug-likeness (QED) is 0.430. The summed E-state index contributed by atoms with van der Waals surface area (Å²) in [5, 5.41) is 8.74. The maximum absolute atomic E-state index is 11.8. The molecule has 0 aliphatic carbocycles. The third-order valence-corrected chi connectivity index (χ3v) is 2.25. The molecule has 0 aromatic carbocycles. The molecule has 1 N–H and O–H groups in total. The topological polar surface area (TPSA) is 99.1 Å². The van der Waals surface area contributed by atoms with E-state index in [1.807, 2.05) is 0 Å². The molecule has 0 aromatic rings. The van der Waals surface area contributed by atoms with E-state index in [1.54, 1.807) is 0 Å². The van der Waals surface area contributed by atoms with Crippen molar-refractivity contribution in [2.24, 2.45) is 0 Å². The van der Waals surface area contributed by atoms with Gasteiger partial charge in [-0.05, 0) is 26.8 Å². The maximum atomic E-state index is 11.8. The number of carbonyl (C=O) groups is 3. The second-order valence-corrected chi connectivity index (χ2v) is 4.66. The summed E-state index contributed by atoms with van der Waals surface area (Å²) in [6.07, 6.45) is 1.18. The van der Waals surface area contributed by atoms with E-state index in [0.29, 0.717) is 0 Å². The van der Waals surface area contributed by atoms with Crippen LogP contribution in [0.4, 0.5) is 0 Å². The molecule has 0 spiro atoms. The second kappa shape index (κ2) is 8.14. The van der Waals surface area contributed by atoms with Crippen molar-refractivity contribution < 1.29 is 33.7 Å². The first kappa shape index (κ1) is 19.6. The molecule has 0 aliphatic rings. The predicted molar refractivity (Wildman–Crippen MR) is 77.2 cm³/mol. The fraction of sp³-hybridized carbons (Fsp3) is 0.400. The average molecular weight is 312 g/mol. The number of hydrogen-bond acceptors (Lipinski definition) is 7. The zero-order valence-electron chi connectivity index (χ0n) is 13.1. The van der Waals surface area contributed by atoms with E-state index in [4.69, 9.17) is 19.3 Å². The van der Waals surface area contributed by atoms with Gasteiger partial charge in [-0.25, -0.2) is 14.4 Å². The Morgan fingerprint density at radius 3 is 1.64 bits per heavy atom. The van der Waals surface area contributed by atoms with Crippen LogP contribution in [0.5, 0.6) is 0 Å². The average Bonchev–Trinajstić information content (AvgIpc) is 2.37. The maximum Gasteiger partial charge on any atom is 0.421 e. The SMILES string of the molecule is C=C(C)C(=O)OC(C)(OC(=O)C(=C)C)OC(=O)/C(C)=C/CO. The van der Waals surface area contributed by atoms with Crippen LogP contribution in [0.2, 0.25) is 0 Å². The van der Waals surface area contributed by atoms with Gasteiger partial charge in [-0.1, -0.05) is 13.2 Å². The molecular weight excluding hydrogens is 292 g/mol. The molecule has 0 unspecified atom stereocenters. The first-order chi connectivity index (χ1) is 10.0. The van der Waals surface area contributed by atoms with E-state index in [9.17, 15) is 14.4 Å². The van der Waals surface area contributed by atoms with E-state index in [2.05, 4.69) is 13.2 Å². The highest BCUT2D eigenvalue weighted by atomic mass is 16.9. The number of hydrogen-bond donors (Lipinski definition) is 1. The lowest BCUT2D eigenvalue weighted by Gasteiger charge is -2.28. The molecule has 0 aliphatic heterocycles. The van der Waals surface area contributed by atoms with Gasteiger partial charge in [-0.15, -0.1) is 0 Å². The summed E-state index contributed by atoms with van der Waals surface area (Å²) in [4.78, 5) is 35.0.